The summed E-state index contributed by atoms with van der Waals surface area (Å²) in [5, 5.41) is 9.32. The summed E-state index contributed by atoms with van der Waals surface area (Å²) in [5.41, 5.74) is 6.19. The van der Waals surface area contributed by atoms with Crippen molar-refractivity contribution in [1.29, 1.82) is 0 Å². The van der Waals surface area contributed by atoms with Crippen LogP contribution in [0.25, 0.3) is 0 Å². The van der Waals surface area contributed by atoms with Crippen LogP contribution in [0.5, 0.6) is 0 Å². The molecule has 0 fully saturated rings. The number of aliphatic hydroxyl groups is 1. The normalized spacial score (nSPS) is 12.9. The fourth-order valence-electron chi connectivity index (χ4n) is 1.61. The van der Waals surface area contributed by atoms with Crippen LogP contribution in [0.1, 0.15) is 33.4 Å². The molecule has 6 nitrogen and oxygen atoms in total. The Balaban J connectivity index is 3.02. The number of ether oxygens (including phenoxy) is 1. The molecule has 3 N–H and O–H groups in total. The van der Waals surface area contributed by atoms with Gasteiger partial charge in [-0.25, -0.2) is 4.79 Å². The molecule has 0 aliphatic carbocycles. The van der Waals surface area contributed by atoms with E-state index in [4.69, 9.17) is 10.5 Å². The number of aliphatic hydroxyl groups excluding tert-OH is 1. The Bertz CT molecular complexity index is 440. The highest BCUT2D eigenvalue weighted by Gasteiger charge is 2.27. The summed E-state index contributed by atoms with van der Waals surface area (Å²) in [5.74, 6) is 0. The highest BCUT2D eigenvalue weighted by atomic mass is 16.6. The van der Waals surface area contributed by atoms with Crippen LogP contribution >= 0.6 is 0 Å². The van der Waals surface area contributed by atoms with Gasteiger partial charge in [-0.05, 0) is 39.8 Å². The predicted molar refractivity (Wildman–Crippen MR) is 77.4 cm³/mol. The minimum atomic E-state index is -0.602. The van der Waals surface area contributed by atoms with Gasteiger partial charge in [-0.15, -0.1) is 0 Å². The van der Waals surface area contributed by atoms with Gasteiger partial charge in [-0.1, -0.05) is 0 Å². The summed E-state index contributed by atoms with van der Waals surface area (Å²) in [6, 6.07) is 3.08. The maximum atomic E-state index is 12.3. The molecule has 0 aliphatic heterocycles. The minimum Gasteiger partial charge on any atom is -0.443 e. The third-order valence-corrected chi connectivity index (χ3v) is 2.59. The van der Waals surface area contributed by atoms with E-state index in [0.717, 1.165) is 5.69 Å². The molecular weight excluding hydrogens is 258 g/mol. The molecule has 0 aliphatic rings. The molecule has 0 saturated carbocycles. The molecule has 0 bridgehead atoms. The van der Waals surface area contributed by atoms with Gasteiger partial charge < -0.3 is 15.6 Å². The number of carbonyl (C=O) groups excluding carboxylic acids is 1. The SMILES string of the molecule is C[C@@H](CO)N(C(=O)OC(C)(C)C)c1ccc(CN)nc1. The molecule has 0 saturated heterocycles. The molecule has 20 heavy (non-hydrogen) atoms. The van der Waals surface area contributed by atoms with Gasteiger partial charge in [-0.3, -0.25) is 9.88 Å². The predicted octanol–water partition coefficient (Wildman–Crippen LogP) is 1.66. The summed E-state index contributed by atoms with van der Waals surface area (Å²) in [6.45, 7) is 7.29. The second-order valence-corrected chi connectivity index (χ2v) is 5.59. The van der Waals surface area contributed by atoms with E-state index >= 15 is 0 Å². The van der Waals surface area contributed by atoms with Gasteiger partial charge in [0, 0.05) is 6.54 Å². The lowest BCUT2D eigenvalue weighted by Gasteiger charge is -2.30. The average Bonchev–Trinajstić information content (AvgIpc) is 2.37. The number of aromatic nitrogens is 1. The molecule has 1 rings (SSSR count). The molecule has 1 heterocycles. The Morgan fingerprint density at radius 1 is 1.50 bits per heavy atom. The number of carbonyl (C=O) groups is 1. The van der Waals surface area contributed by atoms with E-state index in [0.29, 0.717) is 12.2 Å². The number of nitrogens with zero attached hydrogens (tertiary/aromatic N) is 2. The molecule has 1 aromatic heterocycles. The van der Waals surface area contributed by atoms with E-state index in [-0.39, 0.29) is 6.61 Å². The summed E-state index contributed by atoms with van der Waals surface area (Å²) in [7, 11) is 0. The average molecular weight is 281 g/mol. The molecule has 0 radical (unpaired) electrons. The number of rotatable bonds is 4. The van der Waals surface area contributed by atoms with E-state index in [9.17, 15) is 9.90 Å². The van der Waals surface area contributed by atoms with Crippen molar-refractivity contribution in [2.75, 3.05) is 11.5 Å². The fourth-order valence-corrected chi connectivity index (χ4v) is 1.61. The quantitative estimate of drug-likeness (QED) is 0.876. The fraction of sp³-hybridized carbons (Fsp3) is 0.571. The van der Waals surface area contributed by atoms with E-state index in [1.54, 1.807) is 46.0 Å². The van der Waals surface area contributed by atoms with Crippen LogP contribution in [-0.4, -0.2) is 34.4 Å². The number of hydrogen-bond donors (Lipinski definition) is 2. The third kappa shape index (κ3) is 4.47. The maximum Gasteiger partial charge on any atom is 0.415 e. The second kappa shape index (κ2) is 6.67. The van der Waals surface area contributed by atoms with Crippen LogP contribution in [0, 0.1) is 0 Å². The number of hydrogen-bond acceptors (Lipinski definition) is 5. The van der Waals surface area contributed by atoms with Crippen molar-refractivity contribution in [2.45, 2.75) is 45.9 Å². The van der Waals surface area contributed by atoms with Crippen molar-refractivity contribution in [2.24, 2.45) is 5.73 Å². The van der Waals surface area contributed by atoms with Crippen molar-refractivity contribution < 1.29 is 14.6 Å². The smallest absolute Gasteiger partial charge is 0.415 e. The highest BCUT2D eigenvalue weighted by Crippen LogP contribution is 2.20. The summed E-state index contributed by atoms with van der Waals surface area (Å²) < 4.78 is 5.36. The first kappa shape index (κ1) is 16.4. The number of anilines is 1. The second-order valence-electron chi connectivity index (χ2n) is 5.59. The van der Waals surface area contributed by atoms with Gasteiger partial charge >= 0.3 is 6.09 Å². The molecule has 0 aromatic carbocycles. The molecule has 1 aromatic rings. The van der Waals surface area contributed by atoms with Crippen molar-refractivity contribution >= 4 is 11.8 Å². The van der Waals surface area contributed by atoms with E-state index < -0.39 is 17.7 Å². The van der Waals surface area contributed by atoms with Crippen LogP contribution in [-0.2, 0) is 11.3 Å². The zero-order valence-electron chi connectivity index (χ0n) is 12.5. The number of nitrogens with two attached hydrogens (primary N) is 1. The van der Waals surface area contributed by atoms with E-state index in [1.165, 1.54) is 4.90 Å². The topological polar surface area (TPSA) is 88.7 Å². The lowest BCUT2D eigenvalue weighted by molar-refractivity contribution is 0.0555. The molecule has 1 atom stereocenters. The molecule has 6 heteroatoms. The molecular formula is C14H23N3O3. The zero-order chi connectivity index (χ0) is 15.3. The van der Waals surface area contributed by atoms with Gasteiger partial charge in [0.2, 0.25) is 0 Å². The van der Waals surface area contributed by atoms with E-state index in [1.807, 2.05) is 0 Å². The van der Waals surface area contributed by atoms with Gasteiger partial charge in [0.25, 0.3) is 0 Å². The Morgan fingerprint density at radius 2 is 2.15 bits per heavy atom. The molecule has 112 valence electrons. The Kier molecular flexibility index (Phi) is 5.47. The standard InChI is InChI=1S/C14H23N3O3/c1-10(9-18)17(13(19)20-14(2,3)4)12-6-5-11(7-15)16-8-12/h5-6,8,10,18H,7,9,15H2,1-4H3/t10-/m0/s1. The summed E-state index contributed by atoms with van der Waals surface area (Å²) >= 11 is 0. The molecule has 0 unspecified atom stereocenters. The number of pyridine rings is 1. The van der Waals surface area contributed by atoms with E-state index in [2.05, 4.69) is 4.98 Å². The lowest BCUT2D eigenvalue weighted by atomic mass is 10.2. The first-order chi connectivity index (χ1) is 9.28. The Morgan fingerprint density at radius 3 is 2.55 bits per heavy atom. The Labute approximate surface area is 119 Å². The van der Waals surface area contributed by atoms with Gasteiger partial charge in [0.1, 0.15) is 5.60 Å². The van der Waals surface area contributed by atoms with Gasteiger partial charge in [0.15, 0.2) is 0 Å². The van der Waals surface area contributed by atoms with Crippen LogP contribution < -0.4 is 10.6 Å². The van der Waals surface area contributed by atoms with Gasteiger partial charge in [-0.2, -0.15) is 0 Å². The largest absolute Gasteiger partial charge is 0.443 e. The van der Waals surface area contributed by atoms with Crippen LogP contribution in [0.2, 0.25) is 0 Å². The first-order valence-electron chi connectivity index (χ1n) is 6.56. The monoisotopic (exact) mass is 281 g/mol. The highest BCUT2D eigenvalue weighted by molar-refractivity contribution is 5.88. The Hall–Kier alpha value is -1.66. The lowest BCUT2D eigenvalue weighted by Crippen LogP contribution is -2.44. The van der Waals surface area contributed by atoms with Gasteiger partial charge in [0.05, 0.1) is 30.2 Å². The van der Waals surface area contributed by atoms with Crippen LogP contribution in [0.3, 0.4) is 0 Å². The third-order valence-electron chi connectivity index (χ3n) is 2.59. The van der Waals surface area contributed by atoms with Crippen LogP contribution in [0.15, 0.2) is 18.3 Å². The molecule has 1 amide bonds. The summed E-state index contributed by atoms with van der Waals surface area (Å²) in [4.78, 5) is 17.8. The maximum absolute atomic E-state index is 12.3. The summed E-state index contributed by atoms with van der Waals surface area (Å²) in [6.07, 6.45) is 1.04. The van der Waals surface area contributed by atoms with Crippen molar-refractivity contribution in [3.63, 3.8) is 0 Å². The van der Waals surface area contributed by atoms with Crippen molar-refractivity contribution in [1.82, 2.24) is 4.98 Å². The van der Waals surface area contributed by atoms with Crippen molar-refractivity contribution in [3.8, 4) is 0 Å². The zero-order valence-corrected chi connectivity index (χ0v) is 12.5. The number of amides is 1. The first-order valence-corrected chi connectivity index (χ1v) is 6.56. The van der Waals surface area contributed by atoms with Crippen LogP contribution in [0.4, 0.5) is 10.5 Å². The van der Waals surface area contributed by atoms with Crippen molar-refractivity contribution in [3.05, 3.63) is 24.0 Å². The molecule has 0 spiro atoms. The minimum absolute atomic E-state index is 0.169.